The number of rotatable bonds is 6. The summed E-state index contributed by atoms with van der Waals surface area (Å²) in [6.45, 7) is 4.16. The molecule has 8 heteroatoms. The number of hydrogen-bond donors (Lipinski definition) is 2. The zero-order valence-corrected chi connectivity index (χ0v) is 14.1. The minimum atomic E-state index is -3.58. The number of aromatic nitrogens is 2. The molecule has 0 fully saturated rings. The molecule has 0 bridgehead atoms. The molecule has 1 heterocycles. The molecule has 1 atom stereocenters. The summed E-state index contributed by atoms with van der Waals surface area (Å²) >= 11 is 0. The average Bonchev–Trinajstić information content (AvgIpc) is 3.00. The van der Waals surface area contributed by atoms with Gasteiger partial charge in [0.1, 0.15) is 0 Å². The predicted octanol–water partition coefficient (Wildman–Crippen LogP) is 0.918. The van der Waals surface area contributed by atoms with Gasteiger partial charge in [0.05, 0.1) is 11.4 Å². The molecule has 0 spiro atoms. The van der Waals surface area contributed by atoms with Crippen LogP contribution in [-0.2, 0) is 16.6 Å². The highest BCUT2D eigenvalue weighted by Gasteiger charge is 2.17. The number of carbonyl (C=O) groups excluding carboxylic acids is 1. The SMILES string of the molecule is CNS(=O)(=O)c1ccc(C)c(C(=O)N[C@H](C)Cn2cccn2)c1. The van der Waals surface area contributed by atoms with E-state index in [0.29, 0.717) is 17.7 Å². The molecule has 1 aromatic heterocycles. The third-order valence-electron chi connectivity index (χ3n) is 3.43. The molecule has 23 heavy (non-hydrogen) atoms. The van der Waals surface area contributed by atoms with Crippen molar-refractivity contribution in [2.45, 2.75) is 31.3 Å². The van der Waals surface area contributed by atoms with Crippen LogP contribution in [0.15, 0.2) is 41.6 Å². The van der Waals surface area contributed by atoms with Gasteiger partial charge in [0.2, 0.25) is 10.0 Å². The van der Waals surface area contributed by atoms with Crippen molar-refractivity contribution >= 4 is 15.9 Å². The summed E-state index contributed by atoms with van der Waals surface area (Å²) in [6.07, 6.45) is 3.48. The van der Waals surface area contributed by atoms with Crippen LogP contribution in [0.4, 0.5) is 0 Å². The van der Waals surface area contributed by atoms with E-state index < -0.39 is 10.0 Å². The van der Waals surface area contributed by atoms with Gasteiger partial charge >= 0.3 is 0 Å². The van der Waals surface area contributed by atoms with Crippen LogP contribution in [0.5, 0.6) is 0 Å². The van der Waals surface area contributed by atoms with Gasteiger partial charge in [-0.05, 0) is 44.7 Å². The van der Waals surface area contributed by atoms with E-state index in [9.17, 15) is 13.2 Å². The number of hydrogen-bond acceptors (Lipinski definition) is 4. The highest BCUT2D eigenvalue weighted by atomic mass is 32.2. The fourth-order valence-corrected chi connectivity index (χ4v) is 2.92. The molecule has 1 amide bonds. The lowest BCUT2D eigenvalue weighted by atomic mass is 10.1. The Labute approximate surface area is 135 Å². The van der Waals surface area contributed by atoms with Gasteiger partial charge in [0.15, 0.2) is 0 Å². The van der Waals surface area contributed by atoms with Gasteiger partial charge < -0.3 is 5.32 Å². The van der Waals surface area contributed by atoms with Crippen molar-refractivity contribution in [1.29, 1.82) is 0 Å². The summed E-state index contributed by atoms with van der Waals surface area (Å²) in [6, 6.07) is 6.15. The summed E-state index contributed by atoms with van der Waals surface area (Å²) in [5.74, 6) is -0.310. The number of nitrogens with one attached hydrogen (secondary N) is 2. The zero-order chi connectivity index (χ0) is 17.0. The van der Waals surface area contributed by atoms with Gasteiger partial charge in [0, 0.05) is 24.0 Å². The van der Waals surface area contributed by atoms with Gasteiger partial charge in [-0.15, -0.1) is 0 Å². The lowest BCUT2D eigenvalue weighted by Gasteiger charge is -2.15. The second-order valence-corrected chi connectivity index (χ2v) is 7.17. The van der Waals surface area contributed by atoms with E-state index in [1.54, 1.807) is 23.9 Å². The lowest BCUT2D eigenvalue weighted by Crippen LogP contribution is -2.36. The van der Waals surface area contributed by atoms with E-state index in [0.717, 1.165) is 0 Å². The molecule has 2 aromatic rings. The number of aryl methyl sites for hydroxylation is 1. The highest BCUT2D eigenvalue weighted by molar-refractivity contribution is 7.89. The Hall–Kier alpha value is -2.19. The normalized spacial score (nSPS) is 12.8. The van der Waals surface area contributed by atoms with Crippen LogP contribution in [0.25, 0.3) is 0 Å². The van der Waals surface area contributed by atoms with Crippen molar-refractivity contribution < 1.29 is 13.2 Å². The maximum atomic E-state index is 12.4. The molecule has 2 N–H and O–H groups in total. The van der Waals surface area contributed by atoms with E-state index in [2.05, 4.69) is 15.1 Å². The monoisotopic (exact) mass is 336 g/mol. The van der Waals surface area contributed by atoms with Gasteiger partial charge in [-0.25, -0.2) is 13.1 Å². The Kier molecular flexibility index (Phi) is 5.17. The predicted molar refractivity (Wildman–Crippen MR) is 86.6 cm³/mol. The topological polar surface area (TPSA) is 93.1 Å². The van der Waals surface area contributed by atoms with Crippen molar-refractivity contribution in [2.75, 3.05) is 7.05 Å². The van der Waals surface area contributed by atoms with Gasteiger partial charge in [-0.2, -0.15) is 5.10 Å². The minimum Gasteiger partial charge on any atom is -0.348 e. The molecule has 2 rings (SSSR count). The van der Waals surface area contributed by atoms with Crippen molar-refractivity contribution in [1.82, 2.24) is 19.8 Å². The van der Waals surface area contributed by atoms with Gasteiger partial charge in [-0.3, -0.25) is 9.48 Å². The Morgan fingerprint density at radius 1 is 1.39 bits per heavy atom. The van der Waals surface area contributed by atoms with Gasteiger partial charge in [0.25, 0.3) is 5.91 Å². The standard InChI is InChI=1S/C15H20N4O3S/c1-11-5-6-13(23(21,22)16-3)9-14(11)15(20)18-12(2)10-19-8-4-7-17-19/h4-9,12,16H,10H2,1-3H3,(H,18,20)/t12-/m1/s1. The smallest absolute Gasteiger partial charge is 0.251 e. The quantitative estimate of drug-likeness (QED) is 0.820. The van der Waals surface area contributed by atoms with E-state index in [1.165, 1.54) is 19.2 Å². The maximum absolute atomic E-state index is 12.4. The molecule has 124 valence electrons. The number of sulfonamides is 1. The fraction of sp³-hybridized carbons (Fsp3) is 0.333. The molecule has 0 unspecified atom stereocenters. The number of carbonyl (C=O) groups is 1. The van der Waals surface area contributed by atoms with Crippen LogP contribution in [0.1, 0.15) is 22.8 Å². The van der Waals surface area contributed by atoms with Crippen molar-refractivity contribution in [3.05, 3.63) is 47.8 Å². The van der Waals surface area contributed by atoms with Crippen LogP contribution in [-0.4, -0.2) is 37.2 Å². The Bertz CT molecular complexity index is 785. The molecule has 0 aliphatic heterocycles. The molecular weight excluding hydrogens is 316 g/mol. The first-order chi connectivity index (χ1) is 10.8. The first-order valence-electron chi connectivity index (χ1n) is 7.16. The Morgan fingerprint density at radius 2 is 2.13 bits per heavy atom. The van der Waals surface area contributed by atoms with Crippen molar-refractivity contribution in [2.24, 2.45) is 0 Å². The number of benzene rings is 1. The molecule has 0 aliphatic carbocycles. The molecule has 0 saturated heterocycles. The third-order valence-corrected chi connectivity index (χ3v) is 4.84. The van der Waals surface area contributed by atoms with Crippen molar-refractivity contribution in [3.63, 3.8) is 0 Å². The van der Waals surface area contributed by atoms with Crippen LogP contribution >= 0.6 is 0 Å². The second kappa shape index (κ2) is 6.93. The first kappa shape index (κ1) is 17.2. The molecule has 0 aliphatic rings. The molecular formula is C15H20N4O3S. The summed E-state index contributed by atoms with van der Waals surface area (Å²) in [5, 5.41) is 6.95. The Balaban J connectivity index is 2.17. The van der Waals surface area contributed by atoms with Crippen LogP contribution < -0.4 is 10.0 Å². The van der Waals surface area contributed by atoms with Crippen LogP contribution in [0.3, 0.4) is 0 Å². The third kappa shape index (κ3) is 4.17. The van der Waals surface area contributed by atoms with E-state index >= 15 is 0 Å². The lowest BCUT2D eigenvalue weighted by molar-refractivity contribution is 0.0935. The summed E-state index contributed by atoms with van der Waals surface area (Å²) in [4.78, 5) is 12.5. The van der Waals surface area contributed by atoms with Gasteiger partial charge in [-0.1, -0.05) is 6.07 Å². The van der Waals surface area contributed by atoms with Crippen LogP contribution in [0, 0.1) is 6.92 Å². The first-order valence-corrected chi connectivity index (χ1v) is 8.64. The molecule has 0 saturated carbocycles. The average molecular weight is 336 g/mol. The van der Waals surface area contributed by atoms with Crippen LogP contribution in [0.2, 0.25) is 0 Å². The summed E-state index contributed by atoms with van der Waals surface area (Å²) in [5.41, 5.74) is 1.05. The molecule has 1 aromatic carbocycles. The van der Waals surface area contributed by atoms with E-state index in [-0.39, 0.29) is 16.8 Å². The zero-order valence-electron chi connectivity index (χ0n) is 13.3. The largest absolute Gasteiger partial charge is 0.348 e. The van der Waals surface area contributed by atoms with E-state index in [4.69, 9.17) is 0 Å². The van der Waals surface area contributed by atoms with Crippen molar-refractivity contribution in [3.8, 4) is 0 Å². The molecule has 7 nitrogen and oxygen atoms in total. The minimum absolute atomic E-state index is 0.0653. The van der Waals surface area contributed by atoms with E-state index in [1.807, 2.05) is 19.2 Å². The summed E-state index contributed by atoms with van der Waals surface area (Å²) in [7, 11) is -2.25. The highest BCUT2D eigenvalue weighted by Crippen LogP contribution is 2.15. The summed E-state index contributed by atoms with van der Waals surface area (Å²) < 4.78 is 27.7. The number of nitrogens with zero attached hydrogens (tertiary/aromatic N) is 2. The maximum Gasteiger partial charge on any atom is 0.251 e. The second-order valence-electron chi connectivity index (χ2n) is 5.29. The Morgan fingerprint density at radius 3 is 2.74 bits per heavy atom. The number of amides is 1. The molecule has 0 radical (unpaired) electrons. The fourth-order valence-electron chi connectivity index (χ4n) is 2.17.